The Morgan fingerprint density at radius 3 is 2.09 bits per heavy atom. The lowest BCUT2D eigenvalue weighted by molar-refractivity contribution is -0.127. The van der Waals surface area contributed by atoms with Gasteiger partial charge in [-0.05, 0) is 49.9 Å². The van der Waals surface area contributed by atoms with E-state index in [2.05, 4.69) is 13.8 Å². The smallest absolute Gasteiger partial charge is 0.136 e. The van der Waals surface area contributed by atoms with E-state index in [0.29, 0.717) is 11.7 Å². The second-order valence-electron chi connectivity index (χ2n) is 8.48. The third-order valence-electron chi connectivity index (χ3n) is 6.72. The molecular weight excluding hydrogens is 280 g/mol. The number of hydrogen-bond donors (Lipinski definition) is 0. The Balaban J connectivity index is 1.62. The van der Waals surface area contributed by atoms with E-state index in [4.69, 9.17) is 0 Å². The van der Waals surface area contributed by atoms with Crippen molar-refractivity contribution in [2.75, 3.05) is 0 Å². The van der Waals surface area contributed by atoms with Gasteiger partial charge in [-0.1, -0.05) is 71.6 Å². The fourth-order valence-electron chi connectivity index (χ4n) is 5.14. The van der Waals surface area contributed by atoms with Crippen LogP contribution in [0.4, 0.5) is 0 Å². The minimum absolute atomic E-state index is 0.413. The van der Waals surface area contributed by atoms with Crippen molar-refractivity contribution >= 4 is 5.78 Å². The second-order valence-corrected chi connectivity index (χ2v) is 8.48. The van der Waals surface area contributed by atoms with Gasteiger partial charge in [-0.3, -0.25) is 4.79 Å². The van der Waals surface area contributed by atoms with Crippen molar-refractivity contribution in [2.45, 2.75) is 110 Å². The summed E-state index contributed by atoms with van der Waals surface area (Å²) in [6.45, 7) is 4.50. The van der Waals surface area contributed by atoms with Crippen LogP contribution in [0.3, 0.4) is 0 Å². The molecule has 0 spiro atoms. The van der Waals surface area contributed by atoms with E-state index in [0.717, 1.165) is 30.6 Å². The van der Waals surface area contributed by atoms with Crippen LogP contribution in [0.25, 0.3) is 0 Å². The van der Waals surface area contributed by atoms with Gasteiger partial charge in [-0.15, -0.1) is 0 Å². The third-order valence-corrected chi connectivity index (χ3v) is 6.72. The molecule has 0 aliphatic heterocycles. The molecule has 1 heteroatoms. The summed E-state index contributed by atoms with van der Waals surface area (Å²) in [5, 5.41) is 0. The second kappa shape index (κ2) is 10.5. The van der Waals surface area contributed by atoms with Crippen molar-refractivity contribution in [2.24, 2.45) is 23.7 Å². The van der Waals surface area contributed by atoms with Gasteiger partial charge < -0.3 is 0 Å². The summed E-state index contributed by atoms with van der Waals surface area (Å²) in [7, 11) is 0. The number of ketones is 1. The van der Waals surface area contributed by atoms with Gasteiger partial charge in [-0.25, -0.2) is 0 Å². The molecule has 2 aliphatic carbocycles. The third kappa shape index (κ3) is 6.24. The van der Waals surface area contributed by atoms with E-state index in [1.807, 2.05) is 0 Å². The van der Waals surface area contributed by atoms with Crippen LogP contribution in [0.2, 0.25) is 0 Å². The van der Waals surface area contributed by atoms with Crippen LogP contribution < -0.4 is 0 Å². The number of Topliss-reactive ketones (excluding diaryl/α,β-unsaturated/α-hetero) is 1. The maximum Gasteiger partial charge on any atom is 0.136 e. The molecule has 2 aliphatic rings. The van der Waals surface area contributed by atoms with Gasteiger partial charge in [0.1, 0.15) is 5.78 Å². The van der Waals surface area contributed by atoms with Crippen molar-refractivity contribution < 1.29 is 4.79 Å². The van der Waals surface area contributed by atoms with Gasteiger partial charge in [0.15, 0.2) is 0 Å². The van der Waals surface area contributed by atoms with E-state index in [1.54, 1.807) is 0 Å². The van der Waals surface area contributed by atoms with Crippen molar-refractivity contribution in [1.29, 1.82) is 0 Å². The molecule has 1 nitrogen and oxygen atoms in total. The zero-order valence-electron chi connectivity index (χ0n) is 15.8. The van der Waals surface area contributed by atoms with Gasteiger partial charge >= 0.3 is 0 Å². The average molecular weight is 321 g/mol. The first kappa shape index (κ1) is 19.0. The Bertz CT molecular complexity index is 327. The van der Waals surface area contributed by atoms with E-state index in [9.17, 15) is 4.79 Å². The van der Waals surface area contributed by atoms with Crippen LogP contribution in [0.1, 0.15) is 110 Å². The zero-order valence-corrected chi connectivity index (χ0v) is 15.8. The molecule has 134 valence electrons. The fraction of sp³-hybridized carbons (Fsp3) is 0.955. The molecule has 23 heavy (non-hydrogen) atoms. The fourth-order valence-corrected chi connectivity index (χ4v) is 5.14. The van der Waals surface area contributed by atoms with Gasteiger partial charge in [-0.2, -0.15) is 0 Å². The predicted molar refractivity (Wildman–Crippen MR) is 99.6 cm³/mol. The molecule has 0 N–H and O–H groups in total. The molecular formula is C22H40O. The van der Waals surface area contributed by atoms with E-state index in [1.165, 1.54) is 83.5 Å². The monoisotopic (exact) mass is 320 g/mol. The lowest BCUT2D eigenvalue weighted by Gasteiger charge is -2.37. The lowest BCUT2D eigenvalue weighted by atomic mass is 9.68. The highest BCUT2D eigenvalue weighted by molar-refractivity contribution is 5.81. The molecule has 2 saturated carbocycles. The highest BCUT2D eigenvalue weighted by atomic mass is 16.1. The molecule has 0 unspecified atom stereocenters. The maximum atomic E-state index is 12.3. The molecule has 0 aromatic carbocycles. The molecule has 0 amide bonds. The number of unbranched alkanes of at least 4 members (excludes halogenated alkanes) is 4. The van der Waals surface area contributed by atoms with Crippen LogP contribution in [0.15, 0.2) is 0 Å². The van der Waals surface area contributed by atoms with E-state index in [-0.39, 0.29) is 0 Å². The molecule has 0 heterocycles. The Morgan fingerprint density at radius 2 is 1.43 bits per heavy atom. The first-order chi connectivity index (χ1) is 11.2. The molecule has 0 bridgehead atoms. The Labute approximate surface area is 145 Å². The number of carbonyl (C=O) groups excluding carboxylic acids is 1. The molecule has 2 atom stereocenters. The van der Waals surface area contributed by atoms with E-state index < -0.39 is 0 Å². The highest BCUT2D eigenvalue weighted by Crippen LogP contribution is 2.42. The average Bonchev–Trinajstić information content (AvgIpc) is 2.57. The Kier molecular flexibility index (Phi) is 8.69. The summed E-state index contributed by atoms with van der Waals surface area (Å²) in [6, 6.07) is 0. The number of carbonyl (C=O) groups is 1. The normalized spacial score (nSPS) is 32.2. The minimum Gasteiger partial charge on any atom is -0.299 e. The van der Waals surface area contributed by atoms with Gasteiger partial charge in [0, 0.05) is 12.3 Å². The van der Waals surface area contributed by atoms with Gasteiger partial charge in [0.2, 0.25) is 0 Å². The highest BCUT2D eigenvalue weighted by Gasteiger charge is 2.34. The molecule has 2 fully saturated rings. The summed E-state index contributed by atoms with van der Waals surface area (Å²) in [5.74, 6) is 3.62. The van der Waals surface area contributed by atoms with Crippen LogP contribution in [-0.4, -0.2) is 5.78 Å². The summed E-state index contributed by atoms with van der Waals surface area (Å²) >= 11 is 0. The summed E-state index contributed by atoms with van der Waals surface area (Å²) in [5.41, 5.74) is 0. The van der Waals surface area contributed by atoms with Crippen LogP contribution in [0, 0.1) is 23.7 Å². The predicted octanol–water partition coefficient (Wildman–Crippen LogP) is 6.94. The summed E-state index contributed by atoms with van der Waals surface area (Å²) in [4.78, 5) is 12.3. The first-order valence-electron chi connectivity index (χ1n) is 10.8. The number of rotatable bonds is 9. The summed E-state index contributed by atoms with van der Waals surface area (Å²) < 4.78 is 0. The largest absolute Gasteiger partial charge is 0.299 e. The van der Waals surface area contributed by atoms with Crippen LogP contribution in [-0.2, 0) is 4.79 Å². The Hall–Kier alpha value is -0.330. The standard InChI is InChI=1S/C22H40O/c1-3-5-6-7-8-10-18-11-13-19(14-12-18)21-16-15-20(9-4-2)22(23)17-21/h18-21H,3-17H2,1-2H3/t18?,19?,20-,21-/m1/s1. The van der Waals surface area contributed by atoms with Crippen molar-refractivity contribution in [3.8, 4) is 0 Å². The van der Waals surface area contributed by atoms with Crippen molar-refractivity contribution in [1.82, 2.24) is 0 Å². The molecule has 2 rings (SSSR count). The topological polar surface area (TPSA) is 17.1 Å². The number of hydrogen-bond acceptors (Lipinski definition) is 1. The molecule has 0 aromatic rings. The van der Waals surface area contributed by atoms with Crippen molar-refractivity contribution in [3.63, 3.8) is 0 Å². The van der Waals surface area contributed by atoms with Crippen LogP contribution in [0.5, 0.6) is 0 Å². The zero-order chi connectivity index (χ0) is 16.5. The lowest BCUT2D eigenvalue weighted by Crippen LogP contribution is -2.31. The van der Waals surface area contributed by atoms with Crippen molar-refractivity contribution in [3.05, 3.63) is 0 Å². The van der Waals surface area contributed by atoms with Gasteiger partial charge in [0.25, 0.3) is 0 Å². The molecule has 0 aromatic heterocycles. The molecule has 0 saturated heterocycles. The quantitative estimate of drug-likeness (QED) is 0.420. The van der Waals surface area contributed by atoms with Gasteiger partial charge in [0.05, 0.1) is 0 Å². The summed E-state index contributed by atoms with van der Waals surface area (Å²) in [6.07, 6.45) is 20.0. The van der Waals surface area contributed by atoms with Crippen LogP contribution >= 0.6 is 0 Å². The maximum absolute atomic E-state index is 12.3. The SMILES string of the molecule is CCCCCCCC1CCC([C@@H]2CC[C@@H](CCC)C(=O)C2)CC1. The van der Waals surface area contributed by atoms with E-state index >= 15 is 0 Å². The minimum atomic E-state index is 0.413. The molecule has 0 radical (unpaired) electrons. The first-order valence-corrected chi connectivity index (χ1v) is 10.8. The Morgan fingerprint density at radius 1 is 0.739 bits per heavy atom.